The second kappa shape index (κ2) is 10.6. The molecule has 0 aliphatic heterocycles. The molecule has 0 fully saturated rings. The number of rotatable bonds is 5. The summed E-state index contributed by atoms with van der Waals surface area (Å²) >= 11 is 0. The summed E-state index contributed by atoms with van der Waals surface area (Å²) < 4.78 is 9.70. The van der Waals surface area contributed by atoms with Crippen LogP contribution < -0.4 is 0 Å². The summed E-state index contributed by atoms with van der Waals surface area (Å²) in [5, 5.41) is 0. The largest absolute Gasteiger partial charge is 0.462 e. The smallest absolute Gasteiger partial charge is 0.338 e. The molecule has 0 atom stereocenters. The standard InChI is InChI=1S/C12H14O4.C4H6/c1-3-15-11(13)9-7-5-6-8-10(9)12(14)16-4-2;1-3-4-2/h5-8H,3-4H2,1-2H3;3-4H,1-2H2. The number of esters is 2. The third kappa shape index (κ3) is 6.00. The van der Waals surface area contributed by atoms with E-state index in [9.17, 15) is 9.59 Å². The van der Waals surface area contributed by atoms with Crippen LogP contribution in [0.25, 0.3) is 0 Å². The third-order valence-corrected chi connectivity index (χ3v) is 2.08. The van der Waals surface area contributed by atoms with Gasteiger partial charge in [-0.25, -0.2) is 9.59 Å². The van der Waals surface area contributed by atoms with Gasteiger partial charge in [-0.1, -0.05) is 37.4 Å². The van der Waals surface area contributed by atoms with Gasteiger partial charge in [0.25, 0.3) is 0 Å². The van der Waals surface area contributed by atoms with Gasteiger partial charge in [0.05, 0.1) is 24.3 Å². The maximum Gasteiger partial charge on any atom is 0.338 e. The Morgan fingerprint density at radius 1 is 0.950 bits per heavy atom. The van der Waals surface area contributed by atoms with E-state index < -0.39 is 11.9 Å². The van der Waals surface area contributed by atoms with Crippen LogP contribution in [0.15, 0.2) is 49.6 Å². The van der Waals surface area contributed by atoms with Gasteiger partial charge in [-0.2, -0.15) is 0 Å². The Labute approximate surface area is 119 Å². The van der Waals surface area contributed by atoms with Crippen LogP contribution >= 0.6 is 0 Å². The molecule has 0 unspecified atom stereocenters. The van der Waals surface area contributed by atoms with Gasteiger partial charge in [-0.05, 0) is 26.0 Å². The fourth-order valence-electron chi connectivity index (χ4n) is 1.26. The molecule has 0 saturated heterocycles. The molecule has 1 aromatic carbocycles. The first-order chi connectivity index (χ1) is 9.62. The maximum atomic E-state index is 11.5. The van der Waals surface area contributed by atoms with Crippen LogP contribution in [0.5, 0.6) is 0 Å². The second-order valence-corrected chi connectivity index (χ2v) is 3.46. The number of ether oxygens (including phenoxy) is 2. The molecule has 1 rings (SSSR count). The van der Waals surface area contributed by atoms with Gasteiger partial charge in [-0.15, -0.1) is 0 Å². The summed E-state index contributed by atoms with van der Waals surface area (Å²) in [6.45, 7) is 10.7. The van der Waals surface area contributed by atoms with E-state index in [1.165, 1.54) is 0 Å². The normalized spacial score (nSPS) is 8.70. The number of carbonyl (C=O) groups is 2. The van der Waals surface area contributed by atoms with E-state index in [1.54, 1.807) is 50.3 Å². The molecule has 0 aromatic heterocycles. The van der Waals surface area contributed by atoms with Crippen LogP contribution in [0.2, 0.25) is 0 Å². The highest BCUT2D eigenvalue weighted by atomic mass is 16.5. The van der Waals surface area contributed by atoms with Crippen LogP contribution in [-0.4, -0.2) is 25.2 Å². The van der Waals surface area contributed by atoms with E-state index in [0.717, 1.165) is 0 Å². The minimum absolute atomic E-state index is 0.239. The zero-order valence-corrected chi connectivity index (χ0v) is 11.9. The van der Waals surface area contributed by atoms with E-state index in [-0.39, 0.29) is 24.3 Å². The Morgan fingerprint density at radius 2 is 1.30 bits per heavy atom. The lowest BCUT2D eigenvalue weighted by Gasteiger charge is -2.07. The summed E-state index contributed by atoms with van der Waals surface area (Å²) in [5.41, 5.74) is 0.477. The van der Waals surface area contributed by atoms with Gasteiger partial charge in [0.1, 0.15) is 0 Å². The fraction of sp³-hybridized carbons (Fsp3) is 0.250. The summed E-state index contributed by atoms with van der Waals surface area (Å²) in [6, 6.07) is 6.44. The minimum atomic E-state index is -0.508. The summed E-state index contributed by atoms with van der Waals surface area (Å²) in [5.74, 6) is -1.02. The molecule has 0 amide bonds. The molecule has 0 heterocycles. The Hall–Kier alpha value is -2.36. The molecular formula is C16H20O4. The van der Waals surface area contributed by atoms with Gasteiger partial charge in [0, 0.05) is 0 Å². The average molecular weight is 276 g/mol. The average Bonchev–Trinajstić information content (AvgIpc) is 2.48. The maximum absolute atomic E-state index is 11.5. The molecule has 0 spiro atoms. The van der Waals surface area contributed by atoms with Crippen molar-refractivity contribution < 1.29 is 19.1 Å². The first-order valence-corrected chi connectivity index (χ1v) is 6.29. The highest BCUT2D eigenvalue weighted by Gasteiger charge is 2.17. The summed E-state index contributed by atoms with van der Waals surface area (Å²) in [7, 11) is 0. The highest BCUT2D eigenvalue weighted by molar-refractivity contribution is 6.03. The molecule has 0 saturated carbocycles. The summed E-state index contributed by atoms with van der Waals surface area (Å²) in [6.07, 6.45) is 3.28. The van der Waals surface area contributed by atoms with Crippen LogP contribution in [0.4, 0.5) is 0 Å². The molecule has 4 nitrogen and oxygen atoms in total. The number of benzene rings is 1. The van der Waals surface area contributed by atoms with E-state index in [0.29, 0.717) is 0 Å². The van der Waals surface area contributed by atoms with Crippen LogP contribution in [0, 0.1) is 0 Å². The van der Waals surface area contributed by atoms with Gasteiger partial charge in [-0.3, -0.25) is 0 Å². The van der Waals surface area contributed by atoms with Gasteiger partial charge >= 0.3 is 11.9 Å². The molecule has 0 N–H and O–H groups in total. The van der Waals surface area contributed by atoms with Crippen molar-refractivity contribution in [3.63, 3.8) is 0 Å². The molecule has 20 heavy (non-hydrogen) atoms. The minimum Gasteiger partial charge on any atom is -0.462 e. The summed E-state index contributed by atoms with van der Waals surface area (Å²) in [4.78, 5) is 23.1. The van der Waals surface area contributed by atoms with Crippen molar-refractivity contribution in [1.29, 1.82) is 0 Å². The van der Waals surface area contributed by atoms with Crippen molar-refractivity contribution in [2.24, 2.45) is 0 Å². The molecule has 1 aromatic rings. The molecule has 108 valence electrons. The Morgan fingerprint density at radius 3 is 1.55 bits per heavy atom. The molecule has 0 aliphatic rings. The Balaban J connectivity index is 0.000000796. The number of hydrogen-bond donors (Lipinski definition) is 0. The zero-order valence-electron chi connectivity index (χ0n) is 11.9. The molecule has 0 aliphatic carbocycles. The van der Waals surface area contributed by atoms with Crippen LogP contribution in [-0.2, 0) is 9.47 Å². The predicted octanol–water partition coefficient (Wildman–Crippen LogP) is 3.40. The van der Waals surface area contributed by atoms with Gasteiger partial charge in [0.15, 0.2) is 0 Å². The first-order valence-electron chi connectivity index (χ1n) is 6.29. The zero-order chi connectivity index (χ0) is 15.4. The SMILES string of the molecule is C=CC=C.CCOC(=O)c1ccccc1C(=O)OCC. The van der Waals surface area contributed by atoms with E-state index in [2.05, 4.69) is 13.2 Å². The quantitative estimate of drug-likeness (QED) is 0.611. The Bertz CT molecular complexity index is 420. The third-order valence-electron chi connectivity index (χ3n) is 2.08. The van der Waals surface area contributed by atoms with Crippen molar-refractivity contribution in [2.45, 2.75) is 13.8 Å². The monoisotopic (exact) mass is 276 g/mol. The van der Waals surface area contributed by atoms with Crippen LogP contribution in [0.3, 0.4) is 0 Å². The first kappa shape index (κ1) is 17.6. The lowest BCUT2D eigenvalue weighted by Crippen LogP contribution is -2.13. The van der Waals surface area contributed by atoms with Crippen molar-refractivity contribution in [1.82, 2.24) is 0 Å². The lowest BCUT2D eigenvalue weighted by atomic mass is 10.1. The molecule has 0 bridgehead atoms. The molecular weight excluding hydrogens is 256 g/mol. The van der Waals surface area contributed by atoms with Crippen molar-refractivity contribution in [2.75, 3.05) is 13.2 Å². The number of hydrogen-bond acceptors (Lipinski definition) is 4. The highest BCUT2D eigenvalue weighted by Crippen LogP contribution is 2.11. The van der Waals surface area contributed by atoms with Crippen LogP contribution in [0.1, 0.15) is 34.6 Å². The Kier molecular flexibility index (Phi) is 9.31. The second-order valence-electron chi connectivity index (χ2n) is 3.46. The van der Waals surface area contributed by atoms with Gasteiger partial charge in [0.2, 0.25) is 0 Å². The molecule has 4 heteroatoms. The van der Waals surface area contributed by atoms with E-state index >= 15 is 0 Å². The molecule has 0 radical (unpaired) electrons. The predicted molar refractivity (Wildman–Crippen MR) is 78.7 cm³/mol. The van der Waals surface area contributed by atoms with Crippen molar-refractivity contribution in [3.05, 3.63) is 60.7 Å². The fourth-order valence-corrected chi connectivity index (χ4v) is 1.26. The van der Waals surface area contributed by atoms with Crippen molar-refractivity contribution in [3.8, 4) is 0 Å². The van der Waals surface area contributed by atoms with E-state index in [1.807, 2.05) is 0 Å². The number of allylic oxidation sites excluding steroid dienone is 2. The lowest BCUT2D eigenvalue weighted by molar-refractivity contribution is 0.0479. The van der Waals surface area contributed by atoms with Crippen molar-refractivity contribution >= 4 is 11.9 Å². The van der Waals surface area contributed by atoms with E-state index in [4.69, 9.17) is 9.47 Å². The topological polar surface area (TPSA) is 52.6 Å². The van der Waals surface area contributed by atoms with Gasteiger partial charge < -0.3 is 9.47 Å². The number of carbonyl (C=O) groups excluding carboxylic acids is 2.